The monoisotopic (exact) mass is 297 g/mol. The van der Waals surface area contributed by atoms with Crippen LogP contribution in [0.4, 0.5) is 5.69 Å². The topological polar surface area (TPSA) is 81.1 Å². The minimum Gasteiger partial charge on any atom is -0.385 e. The number of carbonyl (C=O) groups excluding carboxylic acids is 1. The molecule has 2 aromatic rings. The van der Waals surface area contributed by atoms with Gasteiger partial charge >= 0.3 is 0 Å². The molecule has 22 heavy (non-hydrogen) atoms. The molecule has 0 aliphatic carbocycles. The third-order valence-electron chi connectivity index (χ3n) is 3.71. The smallest absolute Gasteiger partial charge is 0.222 e. The maximum Gasteiger partial charge on any atom is 0.222 e. The molecule has 0 saturated heterocycles. The number of hydrogen-bond donors (Lipinski definition) is 3. The van der Waals surface area contributed by atoms with Gasteiger partial charge in [0, 0.05) is 18.8 Å². The van der Waals surface area contributed by atoms with Crippen LogP contribution in [-0.2, 0) is 17.6 Å². The number of benzene rings is 2. The van der Waals surface area contributed by atoms with Crippen LogP contribution in [0.3, 0.4) is 0 Å². The van der Waals surface area contributed by atoms with E-state index in [2.05, 4.69) is 29.6 Å². The molecule has 0 heterocycles. The molecule has 0 aromatic heterocycles. The van der Waals surface area contributed by atoms with Gasteiger partial charge in [0.1, 0.15) is 0 Å². The molecular weight excluding hydrogens is 274 g/mol. The first-order valence-corrected chi connectivity index (χ1v) is 7.55. The SMILES string of the molecule is NCC(Cc1ccc(NCCc2ccccc2)cc1)C(N)=O. The lowest BCUT2D eigenvalue weighted by Gasteiger charge is -2.11. The Morgan fingerprint density at radius 2 is 1.68 bits per heavy atom. The zero-order valence-electron chi connectivity index (χ0n) is 12.7. The summed E-state index contributed by atoms with van der Waals surface area (Å²) in [7, 11) is 0. The van der Waals surface area contributed by atoms with Gasteiger partial charge in [-0.2, -0.15) is 0 Å². The highest BCUT2D eigenvalue weighted by Crippen LogP contribution is 2.13. The lowest BCUT2D eigenvalue weighted by Crippen LogP contribution is -2.31. The molecule has 2 aromatic carbocycles. The van der Waals surface area contributed by atoms with E-state index in [0.29, 0.717) is 6.42 Å². The minimum absolute atomic E-state index is 0.284. The third kappa shape index (κ3) is 4.90. The third-order valence-corrected chi connectivity index (χ3v) is 3.71. The second-order valence-corrected chi connectivity index (χ2v) is 5.40. The first-order valence-electron chi connectivity index (χ1n) is 7.55. The van der Waals surface area contributed by atoms with Crippen molar-refractivity contribution in [1.82, 2.24) is 0 Å². The highest BCUT2D eigenvalue weighted by Gasteiger charge is 2.13. The van der Waals surface area contributed by atoms with Crippen molar-refractivity contribution in [2.45, 2.75) is 12.8 Å². The van der Waals surface area contributed by atoms with Gasteiger partial charge in [0.2, 0.25) is 5.91 Å². The normalized spacial score (nSPS) is 11.9. The molecular formula is C18H23N3O. The molecule has 1 amide bonds. The van der Waals surface area contributed by atoms with E-state index in [4.69, 9.17) is 11.5 Å². The van der Waals surface area contributed by atoms with Gasteiger partial charge in [0.15, 0.2) is 0 Å². The van der Waals surface area contributed by atoms with E-state index in [0.717, 1.165) is 24.2 Å². The zero-order chi connectivity index (χ0) is 15.8. The number of nitrogens with one attached hydrogen (secondary N) is 1. The Morgan fingerprint density at radius 1 is 1.00 bits per heavy atom. The molecule has 0 saturated carbocycles. The van der Waals surface area contributed by atoms with Gasteiger partial charge in [-0.05, 0) is 36.1 Å². The molecule has 0 spiro atoms. The van der Waals surface area contributed by atoms with Gasteiger partial charge in [-0.3, -0.25) is 4.79 Å². The van der Waals surface area contributed by atoms with E-state index in [1.54, 1.807) is 0 Å². The minimum atomic E-state index is -0.340. The molecule has 0 bridgehead atoms. The van der Waals surface area contributed by atoms with Crippen LogP contribution in [0.1, 0.15) is 11.1 Å². The predicted molar refractivity (Wildman–Crippen MR) is 90.5 cm³/mol. The van der Waals surface area contributed by atoms with Gasteiger partial charge in [-0.25, -0.2) is 0 Å². The van der Waals surface area contributed by atoms with E-state index in [1.165, 1.54) is 5.56 Å². The van der Waals surface area contributed by atoms with E-state index < -0.39 is 0 Å². The summed E-state index contributed by atoms with van der Waals surface area (Å²) in [5.41, 5.74) is 14.3. The molecule has 0 fully saturated rings. The van der Waals surface area contributed by atoms with Crippen molar-refractivity contribution in [2.24, 2.45) is 17.4 Å². The Bertz CT molecular complexity index is 581. The quantitative estimate of drug-likeness (QED) is 0.696. The number of anilines is 1. The summed E-state index contributed by atoms with van der Waals surface area (Å²) < 4.78 is 0. The molecule has 2 rings (SSSR count). The highest BCUT2D eigenvalue weighted by molar-refractivity contribution is 5.77. The Morgan fingerprint density at radius 3 is 2.27 bits per heavy atom. The number of amides is 1. The number of hydrogen-bond acceptors (Lipinski definition) is 3. The summed E-state index contributed by atoms with van der Waals surface area (Å²) in [5.74, 6) is -0.635. The Balaban J connectivity index is 1.83. The Kier molecular flexibility index (Phi) is 5.98. The molecule has 5 N–H and O–H groups in total. The van der Waals surface area contributed by atoms with Crippen LogP contribution in [0, 0.1) is 5.92 Å². The van der Waals surface area contributed by atoms with Crippen molar-refractivity contribution in [2.75, 3.05) is 18.4 Å². The molecule has 0 aliphatic rings. The van der Waals surface area contributed by atoms with Gasteiger partial charge in [0.05, 0.1) is 5.92 Å². The van der Waals surface area contributed by atoms with E-state index >= 15 is 0 Å². The summed E-state index contributed by atoms with van der Waals surface area (Å²) in [6.07, 6.45) is 1.58. The summed E-state index contributed by atoms with van der Waals surface area (Å²) in [6.45, 7) is 1.17. The first kappa shape index (κ1) is 16.0. The summed E-state index contributed by atoms with van der Waals surface area (Å²) in [4.78, 5) is 11.2. The number of primary amides is 1. The van der Waals surface area contributed by atoms with Crippen LogP contribution in [0.25, 0.3) is 0 Å². The van der Waals surface area contributed by atoms with Crippen LogP contribution in [-0.4, -0.2) is 19.0 Å². The van der Waals surface area contributed by atoms with Crippen molar-refractivity contribution in [3.63, 3.8) is 0 Å². The second-order valence-electron chi connectivity index (χ2n) is 5.40. The molecule has 0 aliphatic heterocycles. The molecule has 0 radical (unpaired) electrons. The number of carbonyl (C=O) groups is 1. The number of nitrogens with two attached hydrogens (primary N) is 2. The maximum absolute atomic E-state index is 11.2. The Labute approximate surface area is 131 Å². The molecule has 4 nitrogen and oxygen atoms in total. The number of rotatable bonds is 8. The fourth-order valence-electron chi connectivity index (χ4n) is 2.34. The average molecular weight is 297 g/mol. The second kappa shape index (κ2) is 8.20. The summed E-state index contributed by atoms with van der Waals surface area (Å²) >= 11 is 0. The first-order chi connectivity index (χ1) is 10.7. The van der Waals surface area contributed by atoms with Crippen LogP contribution in [0.15, 0.2) is 54.6 Å². The fraction of sp³-hybridized carbons (Fsp3) is 0.278. The summed E-state index contributed by atoms with van der Waals surface area (Å²) in [6, 6.07) is 18.4. The fourth-order valence-corrected chi connectivity index (χ4v) is 2.34. The van der Waals surface area contributed by atoms with Gasteiger partial charge < -0.3 is 16.8 Å². The lowest BCUT2D eigenvalue weighted by molar-refractivity contribution is -0.121. The van der Waals surface area contributed by atoms with Crippen LogP contribution in [0.5, 0.6) is 0 Å². The van der Waals surface area contributed by atoms with E-state index in [-0.39, 0.29) is 18.4 Å². The van der Waals surface area contributed by atoms with Crippen LogP contribution in [0.2, 0.25) is 0 Å². The van der Waals surface area contributed by atoms with Gasteiger partial charge in [0.25, 0.3) is 0 Å². The van der Waals surface area contributed by atoms with Crippen molar-refractivity contribution < 1.29 is 4.79 Å². The van der Waals surface area contributed by atoms with E-state index in [9.17, 15) is 4.79 Å². The molecule has 1 atom stereocenters. The predicted octanol–water partition coefficient (Wildman–Crippen LogP) is 1.94. The van der Waals surface area contributed by atoms with Crippen molar-refractivity contribution in [1.29, 1.82) is 0 Å². The molecule has 116 valence electrons. The van der Waals surface area contributed by atoms with Crippen molar-refractivity contribution in [3.05, 3.63) is 65.7 Å². The van der Waals surface area contributed by atoms with Crippen molar-refractivity contribution in [3.8, 4) is 0 Å². The van der Waals surface area contributed by atoms with Crippen LogP contribution < -0.4 is 16.8 Å². The van der Waals surface area contributed by atoms with Gasteiger partial charge in [-0.15, -0.1) is 0 Å². The summed E-state index contributed by atoms with van der Waals surface area (Å²) in [5, 5.41) is 3.39. The van der Waals surface area contributed by atoms with Gasteiger partial charge in [-0.1, -0.05) is 42.5 Å². The molecule has 1 unspecified atom stereocenters. The lowest BCUT2D eigenvalue weighted by atomic mass is 9.99. The average Bonchev–Trinajstić information content (AvgIpc) is 2.54. The maximum atomic E-state index is 11.2. The zero-order valence-corrected chi connectivity index (χ0v) is 12.7. The Hall–Kier alpha value is -2.33. The standard InChI is InChI=1S/C18H23N3O/c19-13-16(18(20)22)12-15-6-8-17(9-7-15)21-11-10-14-4-2-1-3-5-14/h1-9,16,21H,10-13,19H2,(H2,20,22). The largest absolute Gasteiger partial charge is 0.385 e. The van der Waals surface area contributed by atoms with Crippen molar-refractivity contribution >= 4 is 11.6 Å². The molecule has 4 heteroatoms. The van der Waals surface area contributed by atoms with Crippen LogP contribution >= 0.6 is 0 Å². The highest BCUT2D eigenvalue weighted by atomic mass is 16.1. The van der Waals surface area contributed by atoms with E-state index in [1.807, 2.05) is 30.3 Å².